The van der Waals surface area contributed by atoms with Crippen molar-refractivity contribution in [1.29, 1.82) is 0 Å². The van der Waals surface area contributed by atoms with E-state index in [2.05, 4.69) is 11.5 Å². The van der Waals surface area contributed by atoms with Gasteiger partial charge in [0.25, 0.3) is 0 Å². The maximum Gasteiger partial charge on any atom is 0.139 e. The first-order chi connectivity index (χ1) is 7.62. The minimum absolute atomic E-state index is 0.559. The highest BCUT2D eigenvalue weighted by Crippen LogP contribution is 2.37. The Labute approximate surface area is 96.6 Å². The lowest BCUT2D eigenvalue weighted by Crippen LogP contribution is -2.39. The summed E-state index contributed by atoms with van der Waals surface area (Å²) >= 11 is 0. The van der Waals surface area contributed by atoms with Crippen LogP contribution in [-0.2, 0) is 5.67 Å². The predicted octanol–water partition coefficient (Wildman–Crippen LogP) is 3.48. The van der Waals surface area contributed by atoms with Crippen LogP contribution < -0.4 is 0 Å². The van der Waals surface area contributed by atoms with Crippen molar-refractivity contribution in [1.82, 2.24) is 4.90 Å². The van der Waals surface area contributed by atoms with E-state index in [4.69, 9.17) is 0 Å². The summed E-state index contributed by atoms with van der Waals surface area (Å²) in [6, 6.07) is 9.51. The first-order valence-electron chi connectivity index (χ1n) is 5.77. The molecule has 0 aromatic heterocycles. The van der Waals surface area contributed by atoms with E-state index in [1.54, 1.807) is 0 Å². The molecule has 0 bridgehead atoms. The Kier molecular flexibility index (Phi) is 2.99. The van der Waals surface area contributed by atoms with Crippen molar-refractivity contribution in [3.05, 3.63) is 48.2 Å². The molecule has 86 valence electrons. The number of piperidine rings is 1. The lowest BCUT2D eigenvalue weighted by atomic mass is 9.86. The van der Waals surface area contributed by atoms with Gasteiger partial charge in [0.15, 0.2) is 0 Å². The van der Waals surface area contributed by atoms with Gasteiger partial charge in [0, 0.05) is 31.6 Å². The van der Waals surface area contributed by atoms with E-state index >= 15 is 0 Å². The number of allylic oxidation sites excluding steroid dienone is 1. The number of alkyl halides is 1. The van der Waals surface area contributed by atoms with Crippen LogP contribution in [0.2, 0.25) is 0 Å². The average molecular weight is 219 g/mol. The molecule has 2 rings (SSSR count). The van der Waals surface area contributed by atoms with E-state index < -0.39 is 5.67 Å². The van der Waals surface area contributed by atoms with Gasteiger partial charge in [-0.25, -0.2) is 4.39 Å². The molecular weight excluding hydrogens is 201 g/mol. The van der Waals surface area contributed by atoms with E-state index in [0.29, 0.717) is 12.8 Å². The Bertz CT molecular complexity index is 364. The van der Waals surface area contributed by atoms with Crippen LogP contribution in [0.4, 0.5) is 4.39 Å². The minimum atomic E-state index is -1.15. The first-order valence-corrected chi connectivity index (χ1v) is 5.77. The van der Waals surface area contributed by atoms with Crippen molar-refractivity contribution in [3.63, 3.8) is 0 Å². The third-order valence-electron chi connectivity index (χ3n) is 3.39. The van der Waals surface area contributed by atoms with Crippen LogP contribution in [-0.4, -0.2) is 18.0 Å². The number of hydrogen-bond acceptors (Lipinski definition) is 1. The number of hydrogen-bond donors (Lipinski definition) is 0. The number of benzene rings is 1. The average Bonchev–Trinajstić information content (AvgIpc) is 2.31. The fraction of sp³-hybridized carbons (Fsp3) is 0.429. The molecule has 0 aliphatic carbocycles. The topological polar surface area (TPSA) is 3.24 Å². The summed E-state index contributed by atoms with van der Waals surface area (Å²) in [5, 5.41) is 0. The standard InChI is InChI=1S/C14H18FN/c1-12(2)16-10-8-14(15,9-11-16)13-6-4-3-5-7-13/h3-7H,1,8-11H2,2H3. The smallest absolute Gasteiger partial charge is 0.139 e. The molecule has 2 heteroatoms. The summed E-state index contributed by atoms with van der Waals surface area (Å²) in [6.07, 6.45) is 1.12. The fourth-order valence-electron chi connectivity index (χ4n) is 2.27. The molecule has 1 aliphatic rings. The Balaban J connectivity index is 2.10. The van der Waals surface area contributed by atoms with Gasteiger partial charge in [-0.1, -0.05) is 36.9 Å². The van der Waals surface area contributed by atoms with E-state index in [1.165, 1.54) is 0 Å². The van der Waals surface area contributed by atoms with Gasteiger partial charge in [0.2, 0.25) is 0 Å². The van der Waals surface area contributed by atoms with Gasteiger partial charge in [-0.15, -0.1) is 0 Å². The lowest BCUT2D eigenvalue weighted by Gasteiger charge is -2.38. The molecule has 0 atom stereocenters. The molecule has 0 saturated carbocycles. The predicted molar refractivity (Wildman–Crippen MR) is 64.8 cm³/mol. The van der Waals surface area contributed by atoms with Crippen LogP contribution in [0.5, 0.6) is 0 Å². The van der Waals surface area contributed by atoms with Gasteiger partial charge in [0.1, 0.15) is 5.67 Å². The summed E-state index contributed by atoms with van der Waals surface area (Å²) in [5.41, 5.74) is 0.708. The van der Waals surface area contributed by atoms with Gasteiger partial charge >= 0.3 is 0 Å². The summed E-state index contributed by atoms with van der Waals surface area (Å²) in [4.78, 5) is 2.15. The van der Waals surface area contributed by atoms with Crippen LogP contribution in [0.15, 0.2) is 42.6 Å². The van der Waals surface area contributed by atoms with E-state index in [1.807, 2.05) is 37.3 Å². The molecule has 0 spiro atoms. The number of rotatable bonds is 2. The quantitative estimate of drug-likeness (QED) is 0.736. The SMILES string of the molecule is C=C(C)N1CCC(F)(c2ccccc2)CC1. The molecule has 0 N–H and O–H groups in total. The van der Waals surface area contributed by atoms with Crippen molar-refractivity contribution in [2.45, 2.75) is 25.4 Å². The summed E-state index contributed by atoms with van der Waals surface area (Å²) < 4.78 is 14.7. The molecule has 1 nitrogen and oxygen atoms in total. The second-order valence-electron chi connectivity index (χ2n) is 4.55. The second-order valence-corrected chi connectivity index (χ2v) is 4.55. The van der Waals surface area contributed by atoms with Crippen LogP contribution in [0.25, 0.3) is 0 Å². The highest BCUT2D eigenvalue weighted by molar-refractivity contribution is 5.23. The molecule has 1 heterocycles. The Morgan fingerprint density at radius 2 is 1.81 bits per heavy atom. The third-order valence-corrected chi connectivity index (χ3v) is 3.39. The van der Waals surface area contributed by atoms with Crippen molar-refractivity contribution < 1.29 is 4.39 Å². The fourth-order valence-corrected chi connectivity index (χ4v) is 2.27. The monoisotopic (exact) mass is 219 g/mol. The van der Waals surface area contributed by atoms with E-state index in [-0.39, 0.29) is 0 Å². The van der Waals surface area contributed by atoms with Crippen LogP contribution in [0, 0.1) is 0 Å². The van der Waals surface area contributed by atoms with E-state index in [0.717, 1.165) is 24.4 Å². The van der Waals surface area contributed by atoms with Crippen molar-refractivity contribution in [3.8, 4) is 0 Å². The van der Waals surface area contributed by atoms with Gasteiger partial charge in [-0.2, -0.15) is 0 Å². The lowest BCUT2D eigenvalue weighted by molar-refractivity contribution is 0.0707. The zero-order chi connectivity index (χ0) is 11.6. The largest absolute Gasteiger partial charge is 0.375 e. The molecular formula is C14H18FN. The summed E-state index contributed by atoms with van der Waals surface area (Å²) in [5.74, 6) is 0. The maximum absolute atomic E-state index is 14.7. The molecule has 0 radical (unpaired) electrons. The highest BCUT2D eigenvalue weighted by Gasteiger charge is 2.35. The second kappa shape index (κ2) is 4.28. The Morgan fingerprint density at radius 1 is 1.25 bits per heavy atom. The van der Waals surface area contributed by atoms with Crippen molar-refractivity contribution in [2.24, 2.45) is 0 Å². The molecule has 1 saturated heterocycles. The number of nitrogens with zero attached hydrogens (tertiary/aromatic N) is 1. The molecule has 1 aromatic rings. The highest BCUT2D eigenvalue weighted by atomic mass is 19.1. The van der Waals surface area contributed by atoms with Crippen molar-refractivity contribution in [2.75, 3.05) is 13.1 Å². The molecule has 0 unspecified atom stereocenters. The van der Waals surface area contributed by atoms with Crippen LogP contribution in [0.3, 0.4) is 0 Å². The molecule has 1 aromatic carbocycles. The zero-order valence-electron chi connectivity index (χ0n) is 9.75. The van der Waals surface area contributed by atoms with Gasteiger partial charge in [0.05, 0.1) is 0 Å². The Morgan fingerprint density at radius 3 is 2.31 bits per heavy atom. The van der Waals surface area contributed by atoms with Gasteiger partial charge in [-0.3, -0.25) is 0 Å². The minimum Gasteiger partial charge on any atom is -0.375 e. The molecule has 1 fully saturated rings. The Hall–Kier alpha value is -1.31. The number of likely N-dealkylation sites (tertiary alicyclic amines) is 1. The molecule has 16 heavy (non-hydrogen) atoms. The normalized spacial score (nSPS) is 19.5. The zero-order valence-corrected chi connectivity index (χ0v) is 9.75. The first kappa shape index (κ1) is 11.2. The number of halogens is 1. The molecule has 0 amide bonds. The van der Waals surface area contributed by atoms with Crippen LogP contribution in [0.1, 0.15) is 25.3 Å². The van der Waals surface area contributed by atoms with Crippen LogP contribution >= 0.6 is 0 Å². The third kappa shape index (κ3) is 2.11. The molecule has 1 aliphatic heterocycles. The maximum atomic E-state index is 14.7. The summed E-state index contributed by atoms with van der Waals surface area (Å²) in [6.45, 7) is 7.41. The van der Waals surface area contributed by atoms with Gasteiger partial charge < -0.3 is 4.90 Å². The summed E-state index contributed by atoms with van der Waals surface area (Å²) in [7, 11) is 0. The van der Waals surface area contributed by atoms with Crippen molar-refractivity contribution >= 4 is 0 Å². The van der Waals surface area contributed by atoms with Gasteiger partial charge in [-0.05, 0) is 12.5 Å². The van der Waals surface area contributed by atoms with E-state index in [9.17, 15) is 4.39 Å².